The first-order chi connectivity index (χ1) is 15.0. The zero-order chi connectivity index (χ0) is 22.1. The number of anilines is 1. The molecule has 4 nitrogen and oxygen atoms in total. The molecule has 31 heavy (non-hydrogen) atoms. The molecule has 0 bridgehead atoms. The first kappa shape index (κ1) is 22.3. The Bertz CT molecular complexity index is 1080. The fourth-order valence-electron chi connectivity index (χ4n) is 2.55. The highest BCUT2D eigenvalue weighted by molar-refractivity contribution is 7.99. The summed E-state index contributed by atoms with van der Waals surface area (Å²) in [4.78, 5) is 13.2. The highest BCUT2D eigenvalue weighted by atomic mass is 32.2. The minimum atomic E-state index is -2.31. The molecular weight excluding hydrogens is 423 g/mol. The van der Waals surface area contributed by atoms with Crippen LogP contribution in [0, 0.1) is 0 Å². The predicted octanol–water partition coefficient (Wildman–Crippen LogP) is 7.91. The number of rotatable bonds is 8. The fourth-order valence-corrected chi connectivity index (χ4v) is 3.54. The first-order valence-electron chi connectivity index (χ1n) is 9.32. The van der Waals surface area contributed by atoms with E-state index in [0.717, 1.165) is 17.4 Å². The van der Waals surface area contributed by atoms with Crippen LogP contribution in [0.25, 0.3) is 0 Å². The van der Waals surface area contributed by atoms with E-state index in [2.05, 4.69) is 15.5 Å². The molecule has 8 heteroatoms. The van der Waals surface area contributed by atoms with Gasteiger partial charge >= 0.3 is 6.08 Å². The standard InChI is InChI=1S/C23H18F3N3OS/c24-20(22(25)26)14-15-31-21-9-5-4-8-19(21)23(30)27-16-10-12-18(13-11-16)29-28-17-6-2-1-3-7-17/h1-13H,14-15H2,(H,27,30). The van der Waals surface area contributed by atoms with Crippen molar-refractivity contribution in [3.8, 4) is 0 Å². The van der Waals surface area contributed by atoms with Crippen LogP contribution in [-0.2, 0) is 0 Å². The van der Waals surface area contributed by atoms with E-state index in [1.165, 1.54) is 0 Å². The summed E-state index contributed by atoms with van der Waals surface area (Å²) < 4.78 is 37.4. The molecule has 0 aliphatic rings. The SMILES string of the molecule is O=C(Nc1ccc(N=Nc2ccccc2)cc1)c1ccccc1SCCC(F)=C(F)F. The van der Waals surface area contributed by atoms with Gasteiger partial charge in [0.2, 0.25) is 0 Å². The molecule has 0 unspecified atom stereocenters. The zero-order valence-corrected chi connectivity index (χ0v) is 17.1. The number of amides is 1. The van der Waals surface area contributed by atoms with Crippen LogP contribution in [0.15, 0.2) is 106 Å². The lowest BCUT2D eigenvalue weighted by Gasteiger charge is -2.10. The third-order valence-electron chi connectivity index (χ3n) is 4.08. The lowest BCUT2D eigenvalue weighted by Crippen LogP contribution is -2.12. The lowest BCUT2D eigenvalue weighted by atomic mass is 10.2. The Morgan fingerprint density at radius 1 is 0.806 bits per heavy atom. The van der Waals surface area contributed by atoms with Crippen molar-refractivity contribution in [3.05, 3.63) is 96.3 Å². The summed E-state index contributed by atoms with van der Waals surface area (Å²) in [6.45, 7) is 0. The number of benzene rings is 3. The third-order valence-corrected chi connectivity index (χ3v) is 5.15. The Hall–Kier alpha value is -3.39. The molecule has 0 spiro atoms. The van der Waals surface area contributed by atoms with Crippen molar-refractivity contribution in [1.82, 2.24) is 0 Å². The zero-order valence-electron chi connectivity index (χ0n) is 16.3. The summed E-state index contributed by atoms with van der Waals surface area (Å²) in [6, 6.07) is 22.9. The van der Waals surface area contributed by atoms with Gasteiger partial charge in [0.05, 0.1) is 16.9 Å². The number of carbonyl (C=O) groups excluding carboxylic acids is 1. The topological polar surface area (TPSA) is 53.8 Å². The van der Waals surface area contributed by atoms with Crippen molar-refractivity contribution >= 4 is 34.7 Å². The second-order valence-electron chi connectivity index (χ2n) is 6.30. The number of thioether (sulfide) groups is 1. The van der Waals surface area contributed by atoms with E-state index < -0.39 is 18.3 Å². The number of nitrogens with one attached hydrogen (secondary N) is 1. The number of hydrogen-bond acceptors (Lipinski definition) is 4. The van der Waals surface area contributed by atoms with Crippen LogP contribution in [0.5, 0.6) is 0 Å². The number of halogens is 3. The van der Waals surface area contributed by atoms with Gasteiger partial charge in [-0.25, -0.2) is 4.39 Å². The van der Waals surface area contributed by atoms with Crippen LogP contribution in [0.1, 0.15) is 16.8 Å². The molecule has 3 aromatic rings. The smallest absolute Gasteiger partial charge is 0.301 e. The number of azo groups is 1. The molecule has 0 aliphatic carbocycles. The fraction of sp³-hybridized carbons (Fsp3) is 0.0870. The van der Waals surface area contributed by atoms with E-state index in [0.29, 0.717) is 21.8 Å². The van der Waals surface area contributed by atoms with Crippen LogP contribution in [0.4, 0.5) is 30.2 Å². The molecule has 0 aliphatic heterocycles. The van der Waals surface area contributed by atoms with E-state index in [-0.39, 0.29) is 11.7 Å². The second-order valence-corrected chi connectivity index (χ2v) is 7.43. The maximum Gasteiger partial charge on any atom is 0.301 e. The Kier molecular flexibility index (Phi) is 8.00. The summed E-state index contributed by atoms with van der Waals surface area (Å²) in [5.74, 6) is -1.69. The van der Waals surface area contributed by atoms with Gasteiger partial charge in [-0.2, -0.15) is 19.0 Å². The third kappa shape index (κ3) is 6.82. The molecule has 0 saturated carbocycles. The molecule has 1 N–H and O–H groups in total. The molecule has 0 saturated heterocycles. The van der Waals surface area contributed by atoms with E-state index in [1.807, 2.05) is 30.3 Å². The summed E-state index contributed by atoms with van der Waals surface area (Å²) >= 11 is 1.14. The van der Waals surface area contributed by atoms with Gasteiger partial charge in [-0.3, -0.25) is 4.79 Å². The van der Waals surface area contributed by atoms with E-state index >= 15 is 0 Å². The largest absolute Gasteiger partial charge is 0.322 e. The Labute approximate surface area is 181 Å². The molecule has 0 heterocycles. The summed E-state index contributed by atoms with van der Waals surface area (Å²) in [5.41, 5.74) is 2.31. The van der Waals surface area contributed by atoms with E-state index in [1.54, 1.807) is 48.5 Å². The van der Waals surface area contributed by atoms with Gasteiger partial charge in [-0.15, -0.1) is 11.8 Å². The Morgan fingerprint density at radius 2 is 1.42 bits per heavy atom. The van der Waals surface area contributed by atoms with Crippen LogP contribution >= 0.6 is 11.8 Å². The number of hydrogen-bond donors (Lipinski definition) is 1. The van der Waals surface area contributed by atoms with Crippen molar-refractivity contribution in [1.29, 1.82) is 0 Å². The van der Waals surface area contributed by atoms with E-state index in [4.69, 9.17) is 0 Å². The Morgan fingerprint density at radius 3 is 2.10 bits per heavy atom. The maximum absolute atomic E-state index is 13.0. The van der Waals surface area contributed by atoms with Gasteiger partial charge in [0.15, 0.2) is 5.83 Å². The van der Waals surface area contributed by atoms with Crippen LogP contribution in [-0.4, -0.2) is 11.7 Å². The minimum Gasteiger partial charge on any atom is -0.322 e. The van der Waals surface area contributed by atoms with Crippen molar-refractivity contribution in [3.63, 3.8) is 0 Å². The van der Waals surface area contributed by atoms with Crippen molar-refractivity contribution in [2.24, 2.45) is 10.2 Å². The number of carbonyl (C=O) groups is 1. The van der Waals surface area contributed by atoms with Gasteiger partial charge in [0, 0.05) is 22.8 Å². The average molecular weight is 441 g/mol. The minimum absolute atomic E-state index is 0.0918. The number of allylic oxidation sites excluding steroid dienone is 1. The van der Waals surface area contributed by atoms with Crippen LogP contribution in [0.3, 0.4) is 0 Å². The molecule has 0 radical (unpaired) electrons. The van der Waals surface area contributed by atoms with E-state index in [9.17, 15) is 18.0 Å². The summed E-state index contributed by atoms with van der Waals surface area (Å²) in [7, 11) is 0. The number of nitrogens with zero attached hydrogens (tertiary/aromatic N) is 2. The quantitative estimate of drug-likeness (QED) is 0.285. The Balaban J connectivity index is 1.62. The predicted molar refractivity (Wildman–Crippen MR) is 117 cm³/mol. The molecule has 3 rings (SSSR count). The van der Waals surface area contributed by atoms with Gasteiger partial charge in [0.1, 0.15) is 0 Å². The first-order valence-corrected chi connectivity index (χ1v) is 10.3. The van der Waals surface area contributed by atoms with Crippen molar-refractivity contribution in [2.45, 2.75) is 11.3 Å². The second kappa shape index (κ2) is 11.1. The van der Waals surface area contributed by atoms with Crippen molar-refractivity contribution < 1.29 is 18.0 Å². The van der Waals surface area contributed by atoms with Gasteiger partial charge in [-0.1, -0.05) is 30.3 Å². The monoisotopic (exact) mass is 441 g/mol. The lowest BCUT2D eigenvalue weighted by molar-refractivity contribution is 0.102. The highest BCUT2D eigenvalue weighted by Crippen LogP contribution is 2.27. The molecule has 1 amide bonds. The van der Waals surface area contributed by atoms with Gasteiger partial charge in [0.25, 0.3) is 5.91 Å². The molecule has 0 atom stereocenters. The molecular formula is C23H18F3N3OS. The summed E-state index contributed by atoms with van der Waals surface area (Å²) in [6.07, 6.45) is -2.71. The summed E-state index contributed by atoms with van der Waals surface area (Å²) in [5, 5.41) is 11.1. The van der Waals surface area contributed by atoms with Gasteiger partial charge in [-0.05, 0) is 48.5 Å². The van der Waals surface area contributed by atoms with Gasteiger partial charge < -0.3 is 5.32 Å². The molecule has 158 valence electrons. The molecule has 3 aromatic carbocycles. The maximum atomic E-state index is 13.0. The van der Waals surface area contributed by atoms with Crippen molar-refractivity contribution in [2.75, 3.05) is 11.1 Å². The molecule has 0 fully saturated rings. The van der Waals surface area contributed by atoms with Crippen LogP contribution < -0.4 is 5.32 Å². The molecule has 0 aromatic heterocycles. The average Bonchev–Trinajstić information content (AvgIpc) is 2.79. The van der Waals surface area contributed by atoms with Crippen LogP contribution in [0.2, 0.25) is 0 Å². The highest BCUT2D eigenvalue weighted by Gasteiger charge is 2.13. The normalized spacial score (nSPS) is 10.8.